The van der Waals surface area contributed by atoms with Gasteiger partial charge in [0.25, 0.3) is 5.91 Å². The van der Waals surface area contributed by atoms with Gasteiger partial charge >= 0.3 is 5.97 Å². The first-order valence-electron chi connectivity index (χ1n) is 8.72. The van der Waals surface area contributed by atoms with Gasteiger partial charge in [-0.05, 0) is 18.6 Å². The molecule has 0 heterocycles. The SMILES string of the molecule is CCCCCCN(CCC(=O)OC)C(=O)COc1cccc(OC)c1. The molecule has 6 nitrogen and oxygen atoms in total. The van der Waals surface area contributed by atoms with E-state index < -0.39 is 0 Å². The van der Waals surface area contributed by atoms with E-state index >= 15 is 0 Å². The zero-order valence-corrected chi connectivity index (χ0v) is 15.5. The van der Waals surface area contributed by atoms with Crippen LogP contribution >= 0.6 is 0 Å². The van der Waals surface area contributed by atoms with Gasteiger partial charge < -0.3 is 19.1 Å². The third-order valence-corrected chi connectivity index (χ3v) is 3.85. The van der Waals surface area contributed by atoms with E-state index in [9.17, 15) is 9.59 Å². The van der Waals surface area contributed by atoms with Crippen LogP contribution in [0, 0.1) is 0 Å². The Bertz CT molecular complexity index is 532. The van der Waals surface area contributed by atoms with Crippen LogP contribution in [-0.2, 0) is 14.3 Å². The summed E-state index contributed by atoms with van der Waals surface area (Å²) in [5, 5.41) is 0. The fourth-order valence-electron chi connectivity index (χ4n) is 2.35. The van der Waals surface area contributed by atoms with Crippen molar-refractivity contribution in [3.8, 4) is 11.5 Å². The Morgan fingerprint density at radius 2 is 1.80 bits per heavy atom. The molecule has 0 saturated heterocycles. The molecule has 140 valence electrons. The minimum absolute atomic E-state index is 0.0673. The molecule has 0 spiro atoms. The van der Waals surface area contributed by atoms with Crippen molar-refractivity contribution in [1.29, 1.82) is 0 Å². The number of nitrogens with zero attached hydrogens (tertiary/aromatic N) is 1. The fraction of sp³-hybridized carbons (Fsp3) is 0.579. The van der Waals surface area contributed by atoms with Crippen molar-refractivity contribution in [2.75, 3.05) is 33.9 Å². The number of hydrogen-bond donors (Lipinski definition) is 0. The maximum absolute atomic E-state index is 12.5. The lowest BCUT2D eigenvalue weighted by Gasteiger charge is -2.22. The average Bonchev–Trinajstić information content (AvgIpc) is 2.65. The van der Waals surface area contributed by atoms with Crippen LogP contribution in [0.5, 0.6) is 11.5 Å². The van der Waals surface area contributed by atoms with Crippen molar-refractivity contribution in [1.82, 2.24) is 4.90 Å². The summed E-state index contributed by atoms with van der Waals surface area (Å²) in [5.74, 6) is 0.793. The van der Waals surface area contributed by atoms with Crippen LogP contribution in [0.25, 0.3) is 0 Å². The Hall–Kier alpha value is -2.24. The Morgan fingerprint density at radius 3 is 2.48 bits per heavy atom. The molecule has 6 heteroatoms. The minimum Gasteiger partial charge on any atom is -0.497 e. The third kappa shape index (κ3) is 8.42. The van der Waals surface area contributed by atoms with Crippen molar-refractivity contribution >= 4 is 11.9 Å². The number of carbonyl (C=O) groups is 2. The highest BCUT2D eigenvalue weighted by molar-refractivity contribution is 5.78. The Kier molecular flexibility index (Phi) is 10.1. The van der Waals surface area contributed by atoms with Crippen molar-refractivity contribution in [3.63, 3.8) is 0 Å². The van der Waals surface area contributed by atoms with Gasteiger partial charge in [-0.15, -0.1) is 0 Å². The van der Waals surface area contributed by atoms with Crippen molar-refractivity contribution in [2.45, 2.75) is 39.0 Å². The summed E-state index contributed by atoms with van der Waals surface area (Å²) in [4.78, 5) is 25.5. The number of hydrogen-bond acceptors (Lipinski definition) is 5. The predicted molar refractivity (Wildman–Crippen MR) is 95.8 cm³/mol. The van der Waals surface area contributed by atoms with Gasteiger partial charge in [0, 0.05) is 19.2 Å². The highest BCUT2D eigenvalue weighted by Gasteiger charge is 2.16. The molecule has 1 aromatic rings. The lowest BCUT2D eigenvalue weighted by molar-refractivity contribution is -0.142. The van der Waals surface area contributed by atoms with E-state index in [1.165, 1.54) is 7.11 Å². The second-order valence-electron chi connectivity index (χ2n) is 5.74. The summed E-state index contributed by atoms with van der Waals surface area (Å²) in [5.41, 5.74) is 0. The lowest BCUT2D eigenvalue weighted by atomic mass is 10.2. The van der Waals surface area contributed by atoms with Gasteiger partial charge in [0.05, 0.1) is 20.6 Å². The van der Waals surface area contributed by atoms with Gasteiger partial charge in [0.15, 0.2) is 6.61 Å². The normalized spacial score (nSPS) is 10.2. The molecule has 25 heavy (non-hydrogen) atoms. The van der Waals surface area contributed by atoms with Gasteiger partial charge in [0.1, 0.15) is 11.5 Å². The first kappa shape index (κ1) is 20.8. The van der Waals surface area contributed by atoms with E-state index in [-0.39, 0.29) is 24.9 Å². The van der Waals surface area contributed by atoms with Crippen molar-refractivity contribution < 1.29 is 23.8 Å². The summed E-state index contributed by atoms with van der Waals surface area (Å²) < 4.78 is 15.4. The molecule has 0 saturated carbocycles. The van der Waals surface area contributed by atoms with Crippen LogP contribution in [0.3, 0.4) is 0 Å². The molecule has 1 amide bonds. The summed E-state index contributed by atoms with van der Waals surface area (Å²) >= 11 is 0. The predicted octanol–water partition coefficient (Wildman–Crippen LogP) is 3.05. The first-order valence-corrected chi connectivity index (χ1v) is 8.72. The Balaban J connectivity index is 2.55. The number of unbranched alkanes of at least 4 members (excludes halogenated alkanes) is 3. The molecule has 1 aromatic carbocycles. The van der Waals surface area contributed by atoms with E-state index in [1.54, 1.807) is 30.2 Å². The van der Waals surface area contributed by atoms with Gasteiger partial charge in [-0.3, -0.25) is 9.59 Å². The number of ether oxygens (including phenoxy) is 3. The second-order valence-corrected chi connectivity index (χ2v) is 5.74. The molecule has 0 fully saturated rings. The van der Waals surface area contributed by atoms with Crippen LogP contribution < -0.4 is 9.47 Å². The number of benzene rings is 1. The van der Waals surface area contributed by atoms with Crippen LogP contribution in [-0.4, -0.2) is 50.7 Å². The number of carbonyl (C=O) groups excluding carboxylic acids is 2. The molecule has 0 aliphatic heterocycles. The smallest absolute Gasteiger partial charge is 0.307 e. The molecule has 0 N–H and O–H groups in total. The number of esters is 1. The van der Waals surface area contributed by atoms with Crippen LogP contribution in [0.4, 0.5) is 0 Å². The number of amides is 1. The summed E-state index contributed by atoms with van der Waals surface area (Å²) in [6.07, 6.45) is 4.44. The minimum atomic E-state index is -0.319. The average molecular weight is 351 g/mol. The van der Waals surface area contributed by atoms with Gasteiger partial charge in [-0.25, -0.2) is 0 Å². The van der Waals surface area contributed by atoms with Gasteiger partial charge in [-0.1, -0.05) is 32.3 Å². The van der Waals surface area contributed by atoms with E-state index in [1.807, 2.05) is 6.07 Å². The maximum Gasteiger partial charge on any atom is 0.307 e. The molecule has 0 atom stereocenters. The van der Waals surface area contributed by atoms with Crippen LogP contribution in [0.1, 0.15) is 39.0 Å². The number of methoxy groups -OCH3 is 2. The zero-order valence-electron chi connectivity index (χ0n) is 15.5. The molecule has 0 bridgehead atoms. The Labute approximate surface area is 150 Å². The summed E-state index contributed by atoms with van der Waals surface area (Å²) in [6, 6.07) is 7.12. The van der Waals surface area contributed by atoms with Crippen LogP contribution in [0.15, 0.2) is 24.3 Å². The molecule has 0 aromatic heterocycles. The molecular weight excluding hydrogens is 322 g/mol. The van der Waals surface area contributed by atoms with Crippen molar-refractivity contribution in [2.24, 2.45) is 0 Å². The third-order valence-electron chi connectivity index (χ3n) is 3.85. The molecule has 1 rings (SSSR count). The van der Waals surface area contributed by atoms with Crippen LogP contribution in [0.2, 0.25) is 0 Å². The maximum atomic E-state index is 12.5. The lowest BCUT2D eigenvalue weighted by Crippen LogP contribution is -2.37. The van der Waals surface area contributed by atoms with Gasteiger partial charge in [0.2, 0.25) is 0 Å². The van der Waals surface area contributed by atoms with E-state index in [0.29, 0.717) is 24.6 Å². The molecule has 0 unspecified atom stereocenters. The van der Waals surface area contributed by atoms with E-state index in [4.69, 9.17) is 9.47 Å². The monoisotopic (exact) mass is 351 g/mol. The van der Waals surface area contributed by atoms with E-state index in [2.05, 4.69) is 11.7 Å². The molecule has 0 aliphatic rings. The largest absolute Gasteiger partial charge is 0.497 e. The standard InChI is InChI=1S/C19H29NO5/c1-4-5-6-7-12-20(13-11-19(22)24-3)18(21)15-25-17-10-8-9-16(14-17)23-2/h8-10,14H,4-7,11-13,15H2,1-3H3. The summed E-state index contributed by atoms with van der Waals surface area (Å²) in [6.45, 7) is 3.04. The molecule has 0 radical (unpaired) electrons. The highest BCUT2D eigenvalue weighted by Crippen LogP contribution is 2.18. The quantitative estimate of drug-likeness (QED) is 0.428. The zero-order chi connectivity index (χ0) is 18.5. The Morgan fingerprint density at radius 1 is 1.04 bits per heavy atom. The molecular formula is C19H29NO5. The van der Waals surface area contributed by atoms with Crippen molar-refractivity contribution in [3.05, 3.63) is 24.3 Å². The van der Waals surface area contributed by atoms with Gasteiger partial charge in [-0.2, -0.15) is 0 Å². The first-order chi connectivity index (χ1) is 12.1. The topological polar surface area (TPSA) is 65.1 Å². The highest BCUT2D eigenvalue weighted by atomic mass is 16.5. The second kappa shape index (κ2) is 12.2. The fourth-order valence-corrected chi connectivity index (χ4v) is 2.35. The summed E-state index contributed by atoms with van der Waals surface area (Å²) in [7, 11) is 2.93. The van der Waals surface area contributed by atoms with E-state index in [0.717, 1.165) is 25.7 Å². The number of rotatable bonds is 12. The molecule has 0 aliphatic carbocycles.